The summed E-state index contributed by atoms with van der Waals surface area (Å²) >= 11 is 0. The number of amides is 1. The van der Waals surface area contributed by atoms with Crippen LogP contribution < -0.4 is 10.1 Å². The Hall–Kier alpha value is -3.81. The van der Waals surface area contributed by atoms with Gasteiger partial charge in [0.25, 0.3) is 5.91 Å². The molecule has 2 aromatic heterocycles. The molecule has 4 rings (SSSR count). The Morgan fingerprint density at radius 1 is 1.03 bits per heavy atom. The average molecular weight is 394 g/mol. The van der Waals surface area contributed by atoms with Crippen molar-refractivity contribution in [1.82, 2.24) is 19.9 Å². The molecule has 2 heterocycles. The topological polar surface area (TPSA) is 68.5 Å². The predicted molar refractivity (Wildman–Crippen MR) is 101 cm³/mol. The molecular formula is C21H16F2N4O2. The number of ether oxygens (including phenoxy) is 1. The third-order valence-corrected chi connectivity index (χ3v) is 4.36. The van der Waals surface area contributed by atoms with Crippen LogP contribution in [0, 0.1) is 11.6 Å². The average Bonchev–Trinajstić information content (AvgIpc) is 3.21. The molecule has 0 saturated carbocycles. The highest BCUT2D eigenvalue weighted by Crippen LogP contribution is 2.19. The lowest BCUT2D eigenvalue weighted by molar-refractivity contribution is 0.0950. The van der Waals surface area contributed by atoms with Crippen molar-refractivity contribution in [2.75, 3.05) is 0 Å². The zero-order chi connectivity index (χ0) is 20.2. The third kappa shape index (κ3) is 4.21. The smallest absolute Gasteiger partial charge is 0.253 e. The number of pyridine rings is 1. The maximum Gasteiger partial charge on any atom is 0.253 e. The Labute approximate surface area is 164 Å². The van der Waals surface area contributed by atoms with Crippen LogP contribution in [0.5, 0.6) is 5.75 Å². The molecule has 8 heteroatoms. The molecule has 1 amide bonds. The van der Waals surface area contributed by atoms with E-state index in [0.717, 1.165) is 0 Å². The van der Waals surface area contributed by atoms with Gasteiger partial charge in [-0.1, -0.05) is 18.2 Å². The molecule has 0 bridgehead atoms. The first kappa shape index (κ1) is 18.5. The van der Waals surface area contributed by atoms with Crippen molar-refractivity contribution in [1.29, 1.82) is 0 Å². The second-order valence-corrected chi connectivity index (χ2v) is 6.33. The summed E-state index contributed by atoms with van der Waals surface area (Å²) in [6.07, 6.45) is 3.08. The van der Waals surface area contributed by atoms with Gasteiger partial charge in [0.15, 0.2) is 5.65 Å². The molecule has 0 aliphatic heterocycles. The number of hydrogen-bond donors (Lipinski definition) is 1. The third-order valence-electron chi connectivity index (χ3n) is 4.36. The van der Waals surface area contributed by atoms with Crippen LogP contribution in [0.4, 0.5) is 8.78 Å². The summed E-state index contributed by atoms with van der Waals surface area (Å²) in [5, 5.41) is 10.3. The monoisotopic (exact) mass is 394 g/mol. The molecule has 0 aliphatic carbocycles. The molecule has 0 atom stereocenters. The summed E-state index contributed by atoms with van der Waals surface area (Å²) in [6.45, 7) is -0.00909. The van der Waals surface area contributed by atoms with Crippen LogP contribution in [0.1, 0.15) is 21.5 Å². The first-order valence-electron chi connectivity index (χ1n) is 8.82. The van der Waals surface area contributed by atoms with Gasteiger partial charge < -0.3 is 10.1 Å². The van der Waals surface area contributed by atoms with Crippen LogP contribution in [0.25, 0.3) is 5.65 Å². The number of nitrogens with zero attached hydrogens (tertiary/aromatic N) is 3. The fourth-order valence-electron chi connectivity index (χ4n) is 2.79. The van der Waals surface area contributed by atoms with E-state index in [9.17, 15) is 13.6 Å². The summed E-state index contributed by atoms with van der Waals surface area (Å²) in [5.74, 6) is -0.826. The predicted octanol–water partition coefficient (Wildman–Crippen LogP) is 3.52. The minimum atomic E-state index is -0.474. The van der Waals surface area contributed by atoms with Crippen LogP contribution >= 0.6 is 0 Å². The van der Waals surface area contributed by atoms with Crippen molar-refractivity contribution in [3.05, 3.63) is 95.4 Å². The fourth-order valence-corrected chi connectivity index (χ4v) is 2.79. The molecule has 0 fully saturated rings. The van der Waals surface area contributed by atoms with Crippen molar-refractivity contribution in [2.45, 2.75) is 13.2 Å². The summed E-state index contributed by atoms with van der Waals surface area (Å²) in [7, 11) is 0. The van der Waals surface area contributed by atoms with Crippen molar-refractivity contribution in [3.63, 3.8) is 0 Å². The van der Waals surface area contributed by atoms with E-state index in [-0.39, 0.29) is 30.4 Å². The Kier molecular flexibility index (Phi) is 5.15. The van der Waals surface area contributed by atoms with E-state index in [1.807, 2.05) is 0 Å². The van der Waals surface area contributed by atoms with Gasteiger partial charge in [0.1, 0.15) is 30.3 Å². The second-order valence-electron chi connectivity index (χ2n) is 6.33. The van der Waals surface area contributed by atoms with Gasteiger partial charge >= 0.3 is 0 Å². The molecule has 0 unspecified atom stereocenters. The number of carbonyl (C=O) groups is 1. The van der Waals surface area contributed by atoms with Crippen LogP contribution in [-0.4, -0.2) is 20.5 Å². The highest BCUT2D eigenvalue weighted by molar-refractivity contribution is 5.94. The highest BCUT2D eigenvalue weighted by Gasteiger charge is 2.10. The molecule has 0 spiro atoms. The zero-order valence-corrected chi connectivity index (χ0v) is 15.2. The largest absolute Gasteiger partial charge is 0.489 e. The summed E-state index contributed by atoms with van der Waals surface area (Å²) in [5.41, 5.74) is 1.67. The van der Waals surface area contributed by atoms with Gasteiger partial charge in [0.2, 0.25) is 0 Å². The Morgan fingerprint density at radius 2 is 1.86 bits per heavy atom. The van der Waals surface area contributed by atoms with E-state index in [0.29, 0.717) is 22.5 Å². The number of carbonyl (C=O) groups excluding carboxylic acids is 1. The Bertz CT molecular complexity index is 1180. The molecule has 29 heavy (non-hydrogen) atoms. The lowest BCUT2D eigenvalue weighted by Crippen LogP contribution is -2.23. The van der Waals surface area contributed by atoms with E-state index < -0.39 is 5.82 Å². The molecule has 0 radical (unpaired) electrons. The van der Waals surface area contributed by atoms with E-state index in [4.69, 9.17) is 4.74 Å². The number of aromatic nitrogens is 3. The summed E-state index contributed by atoms with van der Waals surface area (Å²) < 4.78 is 35.0. The molecule has 2 aromatic carbocycles. The van der Waals surface area contributed by atoms with Gasteiger partial charge in [0, 0.05) is 23.9 Å². The van der Waals surface area contributed by atoms with Crippen molar-refractivity contribution in [2.24, 2.45) is 0 Å². The normalized spacial score (nSPS) is 10.8. The van der Waals surface area contributed by atoms with Crippen LogP contribution in [0.2, 0.25) is 0 Å². The van der Waals surface area contributed by atoms with Gasteiger partial charge in [0.05, 0.1) is 5.56 Å². The van der Waals surface area contributed by atoms with Crippen LogP contribution in [0.3, 0.4) is 0 Å². The van der Waals surface area contributed by atoms with Crippen molar-refractivity contribution >= 4 is 11.6 Å². The second kappa shape index (κ2) is 8.05. The minimum Gasteiger partial charge on any atom is -0.489 e. The minimum absolute atomic E-state index is 0.0169. The van der Waals surface area contributed by atoms with Gasteiger partial charge in [-0.15, -0.1) is 10.2 Å². The molecule has 146 valence electrons. The SMILES string of the molecule is O=C(NCc1cc(OCc2ccccc2F)ccc1F)c1ccc2nncn2c1. The molecular weight excluding hydrogens is 378 g/mol. The van der Waals surface area contributed by atoms with E-state index in [2.05, 4.69) is 15.5 Å². The van der Waals surface area contributed by atoms with Crippen molar-refractivity contribution < 1.29 is 18.3 Å². The zero-order valence-electron chi connectivity index (χ0n) is 15.2. The highest BCUT2D eigenvalue weighted by atomic mass is 19.1. The Morgan fingerprint density at radius 3 is 2.72 bits per heavy atom. The summed E-state index contributed by atoms with van der Waals surface area (Å²) in [6, 6.07) is 13.8. The standard InChI is InChI=1S/C21H16F2N4O2/c22-18-4-2-1-3-15(18)12-29-17-6-7-19(23)16(9-17)10-24-21(28)14-5-8-20-26-25-13-27(20)11-14/h1-9,11,13H,10,12H2,(H,24,28). The molecule has 4 aromatic rings. The van der Waals surface area contributed by atoms with E-state index >= 15 is 0 Å². The lowest BCUT2D eigenvalue weighted by Gasteiger charge is -2.11. The number of rotatable bonds is 6. The molecule has 6 nitrogen and oxygen atoms in total. The maximum absolute atomic E-state index is 14.1. The van der Waals surface area contributed by atoms with E-state index in [1.165, 1.54) is 30.6 Å². The van der Waals surface area contributed by atoms with Gasteiger partial charge in [-0.2, -0.15) is 0 Å². The molecule has 1 N–H and O–H groups in total. The number of benzene rings is 2. The number of hydrogen-bond acceptors (Lipinski definition) is 4. The van der Waals surface area contributed by atoms with Gasteiger partial charge in [-0.05, 0) is 36.4 Å². The Balaban J connectivity index is 1.42. The lowest BCUT2D eigenvalue weighted by atomic mass is 10.2. The maximum atomic E-state index is 14.1. The van der Waals surface area contributed by atoms with Gasteiger partial charge in [-0.3, -0.25) is 9.20 Å². The van der Waals surface area contributed by atoms with Crippen LogP contribution in [0.15, 0.2) is 67.1 Å². The summed E-state index contributed by atoms with van der Waals surface area (Å²) in [4.78, 5) is 12.4. The fraction of sp³-hybridized carbons (Fsp3) is 0.0952. The number of fused-ring (bicyclic) bond motifs is 1. The molecule has 0 aliphatic rings. The first-order valence-corrected chi connectivity index (χ1v) is 8.82. The van der Waals surface area contributed by atoms with Gasteiger partial charge in [-0.25, -0.2) is 8.78 Å². The number of halogens is 2. The first-order chi connectivity index (χ1) is 14.1. The van der Waals surface area contributed by atoms with Crippen molar-refractivity contribution in [3.8, 4) is 5.75 Å². The van der Waals surface area contributed by atoms with Crippen LogP contribution in [-0.2, 0) is 13.2 Å². The molecule has 0 saturated heterocycles. The number of nitrogens with one attached hydrogen (secondary N) is 1. The van der Waals surface area contributed by atoms with E-state index in [1.54, 1.807) is 40.9 Å². The quantitative estimate of drug-likeness (QED) is 0.543.